The van der Waals surface area contributed by atoms with Crippen LogP contribution in [0.5, 0.6) is 0 Å². The van der Waals surface area contributed by atoms with E-state index in [1.807, 2.05) is 31.3 Å². The Morgan fingerprint density at radius 2 is 2.24 bits per heavy atom. The van der Waals surface area contributed by atoms with E-state index in [-0.39, 0.29) is 12.0 Å². The monoisotopic (exact) mass is 293 g/mol. The number of carbonyl (C=O) groups is 1. The van der Waals surface area contributed by atoms with Crippen LogP contribution in [-0.2, 0) is 16.0 Å². The van der Waals surface area contributed by atoms with Gasteiger partial charge in [-0.2, -0.15) is 0 Å². The van der Waals surface area contributed by atoms with E-state index in [0.717, 1.165) is 18.7 Å². The molecular weight excluding hydrogens is 266 g/mol. The largest absolute Gasteiger partial charge is 0.468 e. The third-order valence-corrected chi connectivity index (χ3v) is 4.09. The fourth-order valence-corrected chi connectivity index (χ4v) is 2.32. The Balaban J connectivity index is 2.53. The Kier molecular flexibility index (Phi) is 6.78. The smallest absolute Gasteiger partial charge is 0.325 e. The first-order valence-corrected chi connectivity index (χ1v) is 7.30. The Bertz CT molecular complexity index is 438. The molecule has 5 nitrogen and oxygen atoms in total. The minimum Gasteiger partial charge on any atom is -0.468 e. The minimum atomic E-state index is -0.659. The molecule has 118 valence electrons. The number of hydrogen-bond donors (Lipinski definition) is 1. The number of aromatic nitrogens is 1. The van der Waals surface area contributed by atoms with Crippen molar-refractivity contribution in [3.8, 4) is 0 Å². The molecule has 1 rings (SSSR count). The van der Waals surface area contributed by atoms with E-state index in [0.29, 0.717) is 6.42 Å². The maximum absolute atomic E-state index is 11.9. The third-order valence-electron chi connectivity index (χ3n) is 4.09. The number of pyridine rings is 1. The Morgan fingerprint density at radius 3 is 2.76 bits per heavy atom. The number of carbonyl (C=O) groups excluding carboxylic acids is 1. The van der Waals surface area contributed by atoms with E-state index in [4.69, 9.17) is 4.74 Å². The zero-order valence-electron chi connectivity index (χ0n) is 13.7. The zero-order chi connectivity index (χ0) is 15.9. The van der Waals surface area contributed by atoms with Crippen LogP contribution in [0.2, 0.25) is 0 Å². The van der Waals surface area contributed by atoms with Gasteiger partial charge in [-0.25, -0.2) is 0 Å². The van der Waals surface area contributed by atoms with Crippen molar-refractivity contribution < 1.29 is 9.53 Å². The quantitative estimate of drug-likeness (QED) is 0.736. The van der Waals surface area contributed by atoms with Crippen LogP contribution in [0.3, 0.4) is 0 Å². The van der Waals surface area contributed by atoms with Crippen LogP contribution >= 0.6 is 0 Å². The number of hydrogen-bond acceptors (Lipinski definition) is 5. The van der Waals surface area contributed by atoms with Gasteiger partial charge in [0.25, 0.3) is 0 Å². The summed E-state index contributed by atoms with van der Waals surface area (Å²) in [7, 11) is 5.28. The molecule has 0 aliphatic carbocycles. The van der Waals surface area contributed by atoms with Crippen molar-refractivity contribution in [1.29, 1.82) is 0 Å². The average molecular weight is 293 g/mol. The average Bonchev–Trinajstić information content (AvgIpc) is 2.52. The number of methoxy groups -OCH3 is 1. The number of esters is 1. The van der Waals surface area contributed by atoms with Gasteiger partial charge in [-0.15, -0.1) is 0 Å². The molecule has 0 saturated heterocycles. The molecule has 1 aromatic rings. The van der Waals surface area contributed by atoms with Gasteiger partial charge < -0.3 is 15.0 Å². The zero-order valence-corrected chi connectivity index (χ0v) is 13.7. The van der Waals surface area contributed by atoms with E-state index in [1.165, 1.54) is 7.11 Å². The normalized spacial score (nSPS) is 15.5. The SMILES string of the molecule is CNC(C)(CC(C)N(C)CCc1ccccn1)C(=O)OC. The van der Waals surface area contributed by atoms with Crippen molar-refractivity contribution in [3.63, 3.8) is 0 Å². The molecule has 0 saturated carbocycles. The van der Waals surface area contributed by atoms with Crippen LogP contribution in [0.25, 0.3) is 0 Å². The van der Waals surface area contributed by atoms with Gasteiger partial charge in [0.05, 0.1) is 7.11 Å². The van der Waals surface area contributed by atoms with E-state index in [1.54, 1.807) is 7.05 Å². The highest BCUT2D eigenvalue weighted by Gasteiger charge is 2.35. The van der Waals surface area contributed by atoms with Crippen LogP contribution in [0.15, 0.2) is 24.4 Å². The molecule has 5 heteroatoms. The molecule has 1 N–H and O–H groups in total. The highest BCUT2D eigenvalue weighted by molar-refractivity contribution is 5.80. The van der Waals surface area contributed by atoms with E-state index < -0.39 is 5.54 Å². The minimum absolute atomic E-state index is 0.227. The highest BCUT2D eigenvalue weighted by Crippen LogP contribution is 2.17. The first kappa shape index (κ1) is 17.6. The van der Waals surface area contributed by atoms with Gasteiger partial charge in [0.15, 0.2) is 0 Å². The summed E-state index contributed by atoms with van der Waals surface area (Å²) in [5.74, 6) is -0.227. The molecular formula is C16H27N3O2. The maximum atomic E-state index is 11.9. The Labute approximate surface area is 127 Å². The molecule has 0 radical (unpaired) electrons. The lowest BCUT2D eigenvalue weighted by molar-refractivity contribution is -0.148. The van der Waals surface area contributed by atoms with Gasteiger partial charge in [0.1, 0.15) is 5.54 Å². The van der Waals surface area contributed by atoms with Crippen LogP contribution in [0, 0.1) is 0 Å². The molecule has 21 heavy (non-hydrogen) atoms. The summed E-state index contributed by atoms with van der Waals surface area (Å²) in [5, 5.41) is 3.08. The van der Waals surface area contributed by atoms with Gasteiger partial charge >= 0.3 is 5.97 Å². The summed E-state index contributed by atoms with van der Waals surface area (Å²) in [6.07, 6.45) is 3.40. The molecule has 0 spiro atoms. The fraction of sp³-hybridized carbons (Fsp3) is 0.625. The first-order valence-electron chi connectivity index (χ1n) is 7.30. The van der Waals surface area contributed by atoms with E-state index in [2.05, 4.69) is 29.2 Å². The van der Waals surface area contributed by atoms with Crippen LogP contribution in [0.1, 0.15) is 26.0 Å². The second-order valence-corrected chi connectivity index (χ2v) is 5.68. The van der Waals surface area contributed by atoms with Crippen molar-refractivity contribution in [3.05, 3.63) is 30.1 Å². The van der Waals surface area contributed by atoms with Crippen LogP contribution in [0.4, 0.5) is 0 Å². The van der Waals surface area contributed by atoms with Crippen molar-refractivity contribution >= 4 is 5.97 Å². The van der Waals surface area contributed by atoms with Crippen LogP contribution in [-0.4, -0.2) is 55.2 Å². The lowest BCUT2D eigenvalue weighted by Crippen LogP contribution is -2.52. The Morgan fingerprint density at radius 1 is 1.52 bits per heavy atom. The fourth-order valence-electron chi connectivity index (χ4n) is 2.32. The molecule has 1 heterocycles. The van der Waals surface area contributed by atoms with Crippen molar-refractivity contribution in [2.75, 3.05) is 27.7 Å². The van der Waals surface area contributed by atoms with E-state index in [9.17, 15) is 4.79 Å². The molecule has 0 aromatic carbocycles. The standard InChI is InChI=1S/C16H27N3O2/c1-13(12-16(2,17-3)15(20)21-5)19(4)11-9-14-8-6-7-10-18-14/h6-8,10,13,17H,9,11-12H2,1-5H3. The molecule has 1 aromatic heterocycles. The van der Waals surface area contributed by atoms with Crippen molar-refractivity contribution in [2.24, 2.45) is 0 Å². The number of nitrogens with one attached hydrogen (secondary N) is 1. The van der Waals surface area contributed by atoms with Gasteiger partial charge in [-0.3, -0.25) is 9.78 Å². The van der Waals surface area contributed by atoms with Crippen LogP contribution < -0.4 is 5.32 Å². The molecule has 0 aliphatic heterocycles. The summed E-state index contributed by atoms with van der Waals surface area (Å²) >= 11 is 0. The maximum Gasteiger partial charge on any atom is 0.325 e. The first-order chi connectivity index (χ1) is 9.92. The van der Waals surface area contributed by atoms with Crippen molar-refractivity contribution in [2.45, 2.75) is 38.3 Å². The summed E-state index contributed by atoms with van der Waals surface area (Å²) in [4.78, 5) is 18.5. The predicted octanol–water partition coefficient (Wildman–Crippen LogP) is 1.49. The second kappa shape index (κ2) is 8.10. The molecule has 0 bridgehead atoms. The van der Waals surface area contributed by atoms with Crippen molar-refractivity contribution in [1.82, 2.24) is 15.2 Å². The molecule has 0 amide bonds. The number of nitrogens with zero attached hydrogens (tertiary/aromatic N) is 2. The lowest BCUT2D eigenvalue weighted by atomic mass is 9.93. The Hall–Kier alpha value is -1.46. The number of rotatable bonds is 8. The summed E-state index contributed by atoms with van der Waals surface area (Å²) in [5.41, 5.74) is 0.425. The molecule has 2 unspecified atom stereocenters. The summed E-state index contributed by atoms with van der Waals surface area (Å²) in [6.45, 7) is 4.90. The third kappa shape index (κ3) is 5.10. The molecule has 2 atom stereocenters. The lowest BCUT2D eigenvalue weighted by Gasteiger charge is -2.33. The summed E-state index contributed by atoms with van der Waals surface area (Å²) < 4.78 is 4.89. The van der Waals surface area contributed by atoms with E-state index >= 15 is 0 Å². The topological polar surface area (TPSA) is 54.5 Å². The number of likely N-dealkylation sites (N-methyl/N-ethyl adjacent to an activating group) is 2. The van der Waals surface area contributed by atoms with Gasteiger partial charge in [0.2, 0.25) is 0 Å². The van der Waals surface area contributed by atoms with Gasteiger partial charge in [-0.1, -0.05) is 6.07 Å². The van der Waals surface area contributed by atoms with Gasteiger partial charge in [0, 0.05) is 30.9 Å². The highest BCUT2D eigenvalue weighted by atomic mass is 16.5. The van der Waals surface area contributed by atoms with Gasteiger partial charge in [-0.05, 0) is 46.5 Å². The second-order valence-electron chi connectivity index (χ2n) is 5.68. The number of ether oxygens (including phenoxy) is 1. The molecule has 0 fully saturated rings. The molecule has 0 aliphatic rings. The predicted molar refractivity (Wildman–Crippen MR) is 84.1 cm³/mol. The summed E-state index contributed by atoms with van der Waals surface area (Å²) in [6, 6.07) is 6.21.